The Bertz CT molecular complexity index is 343. The number of alkyl halides is 2. The second-order valence-corrected chi connectivity index (χ2v) is 6.35. The largest absolute Gasteiger partial charge is 0.0918 e. The quantitative estimate of drug-likeness (QED) is 0.386. The molecule has 0 heterocycles. The highest BCUT2D eigenvalue weighted by Gasteiger charge is 2.29. The summed E-state index contributed by atoms with van der Waals surface area (Å²) in [5, 5.41) is 2.06. The van der Waals surface area contributed by atoms with Gasteiger partial charge in [0.15, 0.2) is 0 Å². The number of rotatable bonds is 8. The van der Waals surface area contributed by atoms with Gasteiger partial charge in [-0.05, 0) is 18.9 Å². The smallest absolute Gasteiger partial charge is 0.0147 e. The number of benzene rings is 1. The van der Waals surface area contributed by atoms with Crippen molar-refractivity contribution in [2.75, 3.05) is 10.7 Å². The van der Waals surface area contributed by atoms with E-state index in [-0.39, 0.29) is 5.41 Å². The van der Waals surface area contributed by atoms with Gasteiger partial charge in [-0.15, -0.1) is 0 Å². The highest BCUT2D eigenvalue weighted by Crippen LogP contribution is 2.34. The predicted molar refractivity (Wildman–Crippen MR) is 89.2 cm³/mol. The van der Waals surface area contributed by atoms with E-state index < -0.39 is 0 Å². The molecule has 2 heteroatoms. The van der Waals surface area contributed by atoms with E-state index in [2.05, 4.69) is 70.0 Å². The summed E-state index contributed by atoms with van der Waals surface area (Å²) < 4.78 is 0. The predicted octanol–water partition coefficient (Wildman–Crippen LogP) is 5.99. The summed E-state index contributed by atoms with van der Waals surface area (Å²) in [6, 6.07) is 8.96. The van der Waals surface area contributed by atoms with E-state index in [0.717, 1.165) is 10.7 Å². The molecule has 0 aliphatic carbocycles. The van der Waals surface area contributed by atoms with Crippen LogP contribution in [-0.4, -0.2) is 10.7 Å². The molecule has 102 valence electrons. The molecular weight excluding hydrogens is 352 g/mol. The summed E-state index contributed by atoms with van der Waals surface area (Å²) in [7, 11) is 0. The van der Waals surface area contributed by atoms with Gasteiger partial charge in [-0.2, -0.15) is 0 Å². The van der Waals surface area contributed by atoms with Crippen LogP contribution < -0.4 is 0 Å². The molecule has 1 aromatic carbocycles. The Balaban J connectivity index is 2.79. The van der Waals surface area contributed by atoms with Gasteiger partial charge in [0.25, 0.3) is 0 Å². The molecule has 0 fully saturated rings. The molecule has 0 amide bonds. The minimum atomic E-state index is 0.250. The lowest BCUT2D eigenvalue weighted by atomic mass is 9.79. The number of hydrogen-bond donors (Lipinski definition) is 0. The molecular formula is C16H24Br2. The van der Waals surface area contributed by atoms with Crippen LogP contribution in [0.4, 0.5) is 0 Å². The van der Waals surface area contributed by atoms with Gasteiger partial charge in [0.2, 0.25) is 0 Å². The van der Waals surface area contributed by atoms with Crippen LogP contribution in [0.25, 0.3) is 0 Å². The Morgan fingerprint density at radius 2 is 1.78 bits per heavy atom. The summed E-state index contributed by atoms with van der Waals surface area (Å²) in [5.74, 6) is 0. The van der Waals surface area contributed by atoms with Crippen LogP contribution in [0.5, 0.6) is 0 Å². The van der Waals surface area contributed by atoms with Crippen LogP contribution in [0.3, 0.4) is 0 Å². The fraction of sp³-hybridized carbons (Fsp3) is 0.625. The third-order valence-electron chi connectivity index (χ3n) is 3.65. The molecule has 0 bridgehead atoms. The third-order valence-corrected chi connectivity index (χ3v) is 5.80. The molecule has 0 saturated carbocycles. The van der Waals surface area contributed by atoms with Gasteiger partial charge in [0, 0.05) is 16.1 Å². The molecule has 0 nitrogen and oxygen atoms in total. The van der Waals surface area contributed by atoms with Crippen molar-refractivity contribution < 1.29 is 0 Å². The van der Waals surface area contributed by atoms with Crippen molar-refractivity contribution in [3.63, 3.8) is 0 Å². The van der Waals surface area contributed by atoms with Gasteiger partial charge < -0.3 is 0 Å². The minimum Gasteiger partial charge on any atom is -0.0918 e. The number of hydrogen-bond acceptors (Lipinski definition) is 0. The van der Waals surface area contributed by atoms with Gasteiger partial charge in [-0.25, -0.2) is 0 Å². The first-order valence-corrected chi connectivity index (χ1v) is 9.12. The molecule has 0 unspecified atom stereocenters. The average molecular weight is 376 g/mol. The van der Waals surface area contributed by atoms with Crippen molar-refractivity contribution in [2.45, 2.75) is 51.4 Å². The first-order chi connectivity index (χ1) is 8.68. The van der Waals surface area contributed by atoms with E-state index in [1.165, 1.54) is 43.2 Å². The number of aryl methyl sites for hydroxylation is 1. The summed E-state index contributed by atoms with van der Waals surface area (Å²) in [6.07, 6.45) is 6.59. The Hall–Kier alpha value is 0.180. The normalized spacial score (nSPS) is 11.8. The van der Waals surface area contributed by atoms with E-state index in [4.69, 9.17) is 0 Å². The average Bonchev–Trinajstić information content (AvgIpc) is 2.40. The maximum absolute atomic E-state index is 3.73. The summed E-state index contributed by atoms with van der Waals surface area (Å²) in [6.45, 7) is 4.44. The van der Waals surface area contributed by atoms with E-state index in [0.29, 0.717) is 0 Å². The Kier molecular flexibility index (Phi) is 7.55. The summed E-state index contributed by atoms with van der Waals surface area (Å²) >= 11 is 7.47. The van der Waals surface area contributed by atoms with Crippen molar-refractivity contribution in [2.24, 2.45) is 0 Å². The first-order valence-electron chi connectivity index (χ1n) is 6.87. The molecule has 0 atom stereocenters. The maximum atomic E-state index is 3.73. The van der Waals surface area contributed by atoms with Gasteiger partial charge >= 0.3 is 0 Å². The Morgan fingerprint density at radius 3 is 2.33 bits per heavy atom. The van der Waals surface area contributed by atoms with Crippen LogP contribution in [0, 0.1) is 6.92 Å². The lowest BCUT2D eigenvalue weighted by molar-refractivity contribution is 0.466. The van der Waals surface area contributed by atoms with Crippen LogP contribution in [0.15, 0.2) is 24.3 Å². The van der Waals surface area contributed by atoms with Crippen molar-refractivity contribution in [1.82, 2.24) is 0 Å². The molecule has 0 aliphatic rings. The zero-order valence-electron chi connectivity index (χ0n) is 11.5. The second kappa shape index (κ2) is 8.37. The van der Waals surface area contributed by atoms with E-state index in [1.54, 1.807) is 0 Å². The molecule has 0 radical (unpaired) electrons. The lowest BCUT2D eigenvalue weighted by Gasteiger charge is -2.31. The molecule has 18 heavy (non-hydrogen) atoms. The van der Waals surface area contributed by atoms with Crippen molar-refractivity contribution in [3.05, 3.63) is 35.4 Å². The Morgan fingerprint density at radius 1 is 1.06 bits per heavy atom. The monoisotopic (exact) mass is 374 g/mol. The molecule has 0 aliphatic heterocycles. The highest BCUT2D eigenvalue weighted by molar-refractivity contribution is 9.09. The molecule has 1 aromatic rings. The summed E-state index contributed by atoms with van der Waals surface area (Å²) in [4.78, 5) is 0. The van der Waals surface area contributed by atoms with Crippen LogP contribution in [-0.2, 0) is 5.41 Å². The molecule has 0 aromatic heterocycles. The zero-order valence-corrected chi connectivity index (χ0v) is 14.7. The topological polar surface area (TPSA) is 0 Å². The second-order valence-electron chi connectivity index (χ2n) is 5.23. The van der Waals surface area contributed by atoms with Crippen LogP contribution >= 0.6 is 31.9 Å². The maximum Gasteiger partial charge on any atom is 0.0147 e. The zero-order chi connectivity index (χ0) is 13.4. The number of halogens is 2. The SMILES string of the molecule is CCCCCCC(CBr)(CBr)c1cccc(C)c1. The standard InChI is InChI=1S/C16H24Br2/c1-3-4-5-6-10-16(12-17,13-18)15-9-7-8-14(2)11-15/h7-9,11H,3-6,10,12-13H2,1-2H3. The fourth-order valence-electron chi connectivity index (χ4n) is 2.33. The van der Waals surface area contributed by atoms with E-state index in [1.807, 2.05) is 0 Å². The minimum absolute atomic E-state index is 0.250. The lowest BCUT2D eigenvalue weighted by Crippen LogP contribution is -2.30. The van der Waals surface area contributed by atoms with Gasteiger partial charge in [-0.1, -0.05) is 94.3 Å². The van der Waals surface area contributed by atoms with Crippen LogP contribution in [0.2, 0.25) is 0 Å². The van der Waals surface area contributed by atoms with E-state index in [9.17, 15) is 0 Å². The summed E-state index contributed by atoms with van der Waals surface area (Å²) in [5.41, 5.74) is 3.07. The van der Waals surface area contributed by atoms with Crippen molar-refractivity contribution in [1.29, 1.82) is 0 Å². The van der Waals surface area contributed by atoms with Gasteiger partial charge in [0.1, 0.15) is 0 Å². The Labute approximate surface area is 129 Å². The molecule has 0 spiro atoms. The van der Waals surface area contributed by atoms with Gasteiger partial charge in [-0.3, -0.25) is 0 Å². The van der Waals surface area contributed by atoms with Crippen molar-refractivity contribution in [3.8, 4) is 0 Å². The third kappa shape index (κ3) is 4.38. The van der Waals surface area contributed by atoms with Crippen LogP contribution in [0.1, 0.15) is 50.2 Å². The number of unbranched alkanes of at least 4 members (excludes halogenated alkanes) is 3. The molecule has 0 saturated heterocycles. The van der Waals surface area contributed by atoms with Crippen molar-refractivity contribution >= 4 is 31.9 Å². The molecule has 0 N–H and O–H groups in total. The van der Waals surface area contributed by atoms with E-state index >= 15 is 0 Å². The molecule has 1 rings (SSSR count). The first kappa shape index (κ1) is 16.2. The van der Waals surface area contributed by atoms with Gasteiger partial charge in [0.05, 0.1) is 0 Å². The highest BCUT2D eigenvalue weighted by atomic mass is 79.9. The fourth-order valence-corrected chi connectivity index (χ4v) is 4.47.